The zero-order chi connectivity index (χ0) is 23.3. The van der Waals surface area contributed by atoms with Gasteiger partial charge in [0, 0.05) is 10.6 Å². The van der Waals surface area contributed by atoms with E-state index < -0.39 is 18.0 Å². The van der Waals surface area contributed by atoms with E-state index in [1.54, 1.807) is 63.4 Å². The van der Waals surface area contributed by atoms with Crippen LogP contribution in [-0.4, -0.2) is 31.8 Å². The lowest BCUT2D eigenvalue weighted by molar-refractivity contribution is -0.143. The molecular weight excluding hydrogens is 432 g/mol. The van der Waals surface area contributed by atoms with Crippen LogP contribution in [0.5, 0.6) is 11.5 Å². The fourth-order valence-electron chi connectivity index (χ4n) is 3.37. The summed E-state index contributed by atoms with van der Waals surface area (Å²) in [4.78, 5) is 25.9. The quantitative estimate of drug-likeness (QED) is 0.552. The van der Waals surface area contributed by atoms with Crippen molar-refractivity contribution in [1.29, 1.82) is 0 Å². The normalized spacial score (nSPS) is 15.8. The average molecular weight is 459 g/mol. The van der Waals surface area contributed by atoms with Crippen LogP contribution < -0.4 is 20.1 Å². The predicted octanol–water partition coefficient (Wildman–Crippen LogP) is 4.85. The van der Waals surface area contributed by atoms with Crippen molar-refractivity contribution in [2.45, 2.75) is 39.3 Å². The molecule has 0 saturated carbocycles. The van der Waals surface area contributed by atoms with Crippen molar-refractivity contribution in [1.82, 2.24) is 10.6 Å². The molecule has 0 fully saturated rings. The summed E-state index contributed by atoms with van der Waals surface area (Å²) < 4.78 is 16.6. The molecule has 8 heteroatoms. The number of nitrogens with one attached hydrogen (secondary N) is 2. The summed E-state index contributed by atoms with van der Waals surface area (Å²) in [6.07, 6.45) is 0.455. The predicted molar refractivity (Wildman–Crippen MR) is 123 cm³/mol. The largest absolute Gasteiger partial charge is 0.497 e. The van der Waals surface area contributed by atoms with Crippen LogP contribution in [0, 0.1) is 0 Å². The monoisotopic (exact) mass is 458 g/mol. The van der Waals surface area contributed by atoms with Gasteiger partial charge in [0.1, 0.15) is 11.5 Å². The SMILES string of the molecule is CCCOc1ccc(Cl)cc1C1NC(=O)NC(c2ccc(OC)cc2)=C1C(=O)OC(C)C. The Bertz CT molecular complexity index is 1020. The molecule has 0 saturated heterocycles. The van der Waals surface area contributed by atoms with Crippen LogP contribution in [0.15, 0.2) is 48.0 Å². The molecule has 2 amide bonds. The summed E-state index contributed by atoms with van der Waals surface area (Å²) >= 11 is 6.27. The first-order chi connectivity index (χ1) is 15.3. The Hall–Kier alpha value is -3.19. The molecule has 2 aromatic rings. The molecule has 7 nitrogen and oxygen atoms in total. The minimum atomic E-state index is -0.822. The maximum absolute atomic E-state index is 13.2. The molecule has 1 aliphatic rings. The van der Waals surface area contributed by atoms with Crippen molar-refractivity contribution >= 4 is 29.3 Å². The lowest BCUT2D eigenvalue weighted by Gasteiger charge is -2.31. The number of halogens is 1. The molecular formula is C24H27ClN2O5. The molecule has 1 atom stereocenters. The Morgan fingerprint density at radius 3 is 2.50 bits per heavy atom. The van der Waals surface area contributed by atoms with E-state index in [9.17, 15) is 9.59 Å². The summed E-state index contributed by atoms with van der Waals surface area (Å²) in [5.74, 6) is 0.639. The van der Waals surface area contributed by atoms with Gasteiger partial charge >= 0.3 is 12.0 Å². The number of urea groups is 1. The van der Waals surface area contributed by atoms with E-state index in [2.05, 4.69) is 10.6 Å². The zero-order valence-corrected chi connectivity index (χ0v) is 19.3. The number of hydrogen-bond donors (Lipinski definition) is 2. The minimum absolute atomic E-state index is 0.257. The molecule has 2 N–H and O–H groups in total. The molecule has 0 aliphatic carbocycles. The van der Waals surface area contributed by atoms with Gasteiger partial charge in [-0.3, -0.25) is 0 Å². The first kappa shape index (κ1) is 23.5. The van der Waals surface area contributed by atoms with Gasteiger partial charge in [0.25, 0.3) is 0 Å². The lowest BCUT2D eigenvalue weighted by Crippen LogP contribution is -2.45. The topological polar surface area (TPSA) is 85.9 Å². The first-order valence-corrected chi connectivity index (χ1v) is 10.8. The van der Waals surface area contributed by atoms with E-state index in [4.69, 9.17) is 25.8 Å². The van der Waals surface area contributed by atoms with E-state index in [0.29, 0.717) is 40.0 Å². The van der Waals surface area contributed by atoms with Gasteiger partial charge in [-0.25, -0.2) is 9.59 Å². The summed E-state index contributed by atoms with van der Waals surface area (Å²) in [7, 11) is 1.57. The molecule has 32 heavy (non-hydrogen) atoms. The van der Waals surface area contributed by atoms with Crippen LogP contribution in [0.25, 0.3) is 5.70 Å². The molecule has 1 heterocycles. The summed E-state index contributed by atoms with van der Waals surface area (Å²) in [5.41, 5.74) is 1.82. The van der Waals surface area contributed by atoms with Crippen molar-refractivity contribution in [3.05, 3.63) is 64.2 Å². The molecule has 2 aromatic carbocycles. The number of carbonyl (C=O) groups excluding carboxylic acids is 2. The van der Waals surface area contributed by atoms with Crippen molar-refractivity contribution in [2.24, 2.45) is 0 Å². The number of benzene rings is 2. The standard InChI is InChI=1S/C24H27ClN2O5/c1-5-12-31-19-11-8-16(25)13-18(19)22-20(23(28)32-14(2)3)21(26-24(29)27-22)15-6-9-17(30-4)10-7-15/h6-11,13-14,22H,5,12H2,1-4H3,(H2,26,27,29). The van der Waals surface area contributed by atoms with E-state index >= 15 is 0 Å². The third-order valence-corrected chi connectivity index (χ3v) is 4.99. The second-order valence-corrected chi connectivity index (χ2v) is 7.97. The van der Waals surface area contributed by atoms with E-state index in [-0.39, 0.29) is 11.7 Å². The highest BCUT2D eigenvalue weighted by Gasteiger charge is 2.36. The molecule has 0 bridgehead atoms. The molecule has 0 spiro atoms. The maximum Gasteiger partial charge on any atom is 0.338 e. The fourth-order valence-corrected chi connectivity index (χ4v) is 3.55. The van der Waals surface area contributed by atoms with Crippen LogP contribution in [0.2, 0.25) is 5.02 Å². The number of rotatable bonds is 8. The summed E-state index contributed by atoms with van der Waals surface area (Å²) in [5, 5.41) is 6.05. The Balaban J connectivity index is 2.20. The van der Waals surface area contributed by atoms with Crippen molar-refractivity contribution in [3.63, 3.8) is 0 Å². The van der Waals surface area contributed by atoms with Crippen LogP contribution in [-0.2, 0) is 9.53 Å². The second-order valence-electron chi connectivity index (χ2n) is 7.53. The summed E-state index contributed by atoms with van der Waals surface area (Å²) in [6, 6.07) is 10.9. The van der Waals surface area contributed by atoms with Crippen molar-refractivity contribution in [3.8, 4) is 11.5 Å². The number of ether oxygens (including phenoxy) is 3. The molecule has 170 valence electrons. The van der Waals surface area contributed by atoms with Crippen molar-refractivity contribution < 1.29 is 23.8 Å². The van der Waals surface area contributed by atoms with Gasteiger partial charge in [0.2, 0.25) is 0 Å². The third kappa shape index (κ3) is 5.34. The fraction of sp³-hybridized carbons (Fsp3) is 0.333. The van der Waals surface area contributed by atoms with Gasteiger partial charge in [-0.05, 0) is 68.3 Å². The summed E-state index contributed by atoms with van der Waals surface area (Å²) in [6.45, 7) is 6.01. The Morgan fingerprint density at radius 1 is 1.16 bits per heavy atom. The molecule has 1 unspecified atom stereocenters. The lowest BCUT2D eigenvalue weighted by atomic mass is 9.92. The number of carbonyl (C=O) groups is 2. The molecule has 1 aliphatic heterocycles. The Morgan fingerprint density at radius 2 is 1.88 bits per heavy atom. The molecule has 0 aromatic heterocycles. The maximum atomic E-state index is 13.2. The minimum Gasteiger partial charge on any atom is -0.497 e. The highest BCUT2D eigenvalue weighted by atomic mass is 35.5. The van der Waals surface area contributed by atoms with Gasteiger partial charge in [-0.15, -0.1) is 0 Å². The highest BCUT2D eigenvalue weighted by molar-refractivity contribution is 6.30. The van der Waals surface area contributed by atoms with Gasteiger partial charge in [-0.1, -0.05) is 18.5 Å². The molecule has 0 radical (unpaired) electrons. The van der Waals surface area contributed by atoms with Crippen molar-refractivity contribution in [2.75, 3.05) is 13.7 Å². The average Bonchev–Trinajstić information content (AvgIpc) is 2.77. The number of esters is 1. The number of amides is 2. The number of methoxy groups -OCH3 is 1. The zero-order valence-electron chi connectivity index (χ0n) is 18.5. The Kier molecular flexibility index (Phi) is 7.64. The second kappa shape index (κ2) is 10.4. The van der Waals surface area contributed by atoms with Gasteiger partial charge in [-0.2, -0.15) is 0 Å². The third-order valence-electron chi connectivity index (χ3n) is 4.76. The number of hydrogen-bond acceptors (Lipinski definition) is 5. The van der Waals surface area contributed by atoms with E-state index in [1.807, 2.05) is 6.92 Å². The van der Waals surface area contributed by atoms with Gasteiger partial charge in [0.05, 0.1) is 37.1 Å². The van der Waals surface area contributed by atoms with Crippen LogP contribution in [0.3, 0.4) is 0 Å². The van der Waals surface area contributed by atoms with E-state index in [1.165, 1.54) is 0 Å². The van der Waals surface area contributed by atoms with E-state index in [0.717, 1.165) is 6.42 Å². The van der Waals surface area contributed by atoms with Gasteiger partial charge in [0.15, 0.2) is 0 Å². The Labute approximate surface area is 192 Å². The van der Waals surface area contributed by atoms with Crippen LogP contribution in [0.4, 0.5) is 4.79 Å². The highest BCUT2D eigenvalue weighted by Crippen LogP contribution is 2.38. The van der Waals surface area contributed by atoms with Crippen LogP contribution in [0.1, 0.15) is 44.4 Å². The van der Waals surface area contributed by atoms with Crippen LogP contribution >= 0.6 is 11.6 Å². The smallest absolute Gasteiger partial charge is 0.338 e. The molecule has 3 rings (SSSR count). The first-order valence-electron chi connectivity index (χ1n) is 10.4. The van der Waals surface area contributed by atoms with Gasteiger partial charge < -0.3 is 24.8 Å².